The lowest BCUT2D eigenvalue weighted by Crippen LogP contribution is -2.29. The summed E-state index contributed by atoms with van der Waals surface area (Å²) >= 11 is 1.45. The number of fused-ring (bicyclic) bond motifs is 2. The summed E-state index contributed by atoms with van der Waals surface area (Å²) in [6, 6.07) is 14.4. The number of anilines is 1. The van der Waals surface area contributed by atoms with E-state index in [1.165, 1.54) is 11.3 Å². The number of carbonyl (C=O) groups excluding carboxylic acids is 1. The van der Waals surface area contributed by atoms with E-state index in [0.29, 0.717) is 21.7 Å². The van der Waals surface area contributed by atoms with Gasteiger partial charge in [-0.25, -0.2) is 4.98 Å². The molecule has 1 aliphatic rings. The molecule has 0 radical (unpaired) electrons. The maximum Gasteiger partial charge on any atom is 0.297 e. The summed E-state index contributed by atoms with van der Waals surface area (Å²) in [4.78, 5) is 34.2. The summed E-state index contributed by atoms with van der Waals surface area (Å²) in [5.74, 6) is -0.229. The van der Waals surface area contributed by atoms with E-state index in [1.54, 1.807) is 11.0 Å². The normalized spacial score (nSPS) is 15.9. The van der Waals surface area contributed by atoms with Crippen molar-refractivity contribution in [2.75, 3.05) is 4.90 Å². The van der Waals surface area contributed by atoms with Crippen LogP contribution in [0.5, 0.6) is 0 Å². The van der Waals surface area contributed by atoms with Gasteiger partial charge in [0.2, 0.25) is 5.76 Å². The van der Waals surface area contributed by atoms with E-state index in [1.807, 2.05) is 63.2 Å². The largest absolute Gasteiger partial charge is 0.450 e. The summed E-state index contributed by atoms with van der Waals surface area (Å²) in [6.45, 7) is 5.82. The summed E-state index contributed by atoms with van der Waals surface area (Å²) < 4.78 is 5.98. The van der Waals surface area contributed by atoms with Crippen LogP contribution in [0.2, 0.25) is 0 Å². The predicted octanol–water partition coefficient (Wildman–Crippen LogP) is 4.92. The van der Waals surface area contributed by atoms with Crippen molar-refractivity contribution in [3.63, 3.8) is 0 Å². The number of thiazole rings is 1. The summed E-state index contributed by atoms with van der Waals surface area (Å²) in [5, 5.41) is 1.07. The minimum absolute atomic E-state index is 0.103. The van der Waals surface area contributed by atoms with E-state index in [9.17, 15) is 9.59 Å². The van der Waals surface area contributed by atoms with Crippen molar-refractivity contribution in [2.45, 2.75) is 26.8 Å². The van der Waals surface area contributed by atoms with Gasteiger partial charge in [0, 0.05) is 4.88 Å². The van der Waals surface area contributed by atoms with Crippen molar-refractivity contribution in [1.82, 2.24) is 4.98 Å². The van der Waals surface area contributed by atoms with Crippen molar-refractivity contribution < 1.29 is 9.21 Å². The number of hydrogen-bond acceptors (Lipinski definition) is 5. The molecule has 1 amide bonds. The molecule has 1 unspecified atom stereocenters. The zero-order valence-electron chi connectivity index (χ0n) is 16.2. The Bertz CT molecular complexity index is 1320. The van der Waals surface area contributed by atoms with Gasteiger partial charge in [0.25, 0.3) is 5.91 Å². The Balaban J connectivity index is 1.83. The van der Waals surface area contributed by atoms with Gasteiger partial charge >= 0.3 is 0 Å². The van der Waals surface area contributed by atoms with E-state index in [0.717, 1.165) is 21.7 Å². The SMILES string of the molecule is Cc1ccc2oc3c(c(=O)c2c1)C(c1ccccc1)N(c1nc(C)c(C)s1)C3=O. The third kappa shape index (κ3) is 2.63. The molecule has 144 valence electrons. The fourth-order valence-electron chi connectivity index (χ4n) is 3.79. The zero-order chi connectivity index (χ0) is 20.3. The van der Waals surface area contributed by atoms with Crippen LogP contribution in [0, 0.1) is 20.8 Å². The third-order valence-corrected chi connectivity index (χ3v) is 6.44. The molecular weight excluding hydrogens is 384 g/mol. The number of amides is 1. The van der Waals surface area contributed by atoms with Crippen molar-refractivity contribution in [1.29, 1.82) is 0 Å². The molecular formula is C23H18N2O3S. The molecule has 1 aliphatic heterocycles. The van der Waals surface area contributed by atoms with Crippen LogP contribution in [0.15, 0.2) is 57.7 Å². The first-order valence-electron chi connectivity index (χ1n) is 9.35. The molecule has 4 aromatic rings. The van der Waals surface area contributed by atoms with Crippen LogP contribution in [0.25, 0.3) is 11.0 Å². The fourth-order valence-corrected chi connectivity index (χ4v) is 4.73. The van der Waals surface area contributed by atoms with Gasteiger partial charge in [0.15, 0.2) is 10.6 Å². The van der Waals surface area contributed by atoms with Gasteiger partial charge < -0.3 is 4.42 Å². The minimum atomic E-state index is -0.565. The highest BCUT2D eigenvalue weighted by Gasteiger charge is 2.44. The molecule has 0 spiro atoms. The maximum absolute atomic E-state index is 13.5. The number of aromatic nitrogens is 1. The zero-order valence-corrected chi connectivity index (χ0v) is 17.0. The molecule has 2 aromatic heterocycles. The van der Waals surface area contributed by atoms with Crippen LogP contribution < -0.4 is 10.3 Å². The highest BCUT2D eigenvalue weighted by Crippen LogP contribution is 2.42. The second kappa shape index (κ2) is 6.39. The number of carbonyl (C=O) groups is 1. The molecule has 6 heteroatoms. The van der Waals surface area contributed by atoms with Gasteiger partial charge in [0.1, 0.15) is 5.58 Å². The average Bonchev–Trinajstić information content (AvgIpc) is 3.20. The van der Waals surface area contributed by atoms with E-state index < -0.39 is 6.04 Å². The number of benzene rings is 2. The Hall–Kier alpha value is -3.25. The second-order valence-electron chi connectivity index (χ2n) is 7.30. The molecule has 0 fully saturated rings. The average molecular weight is 402 g/mol. The van der Waals surface area contributed by atoms with E-state index >= 15 is 0 Å². The van der Waals surface area contributed by atoms with Crippen LogP contribution >= 0.6 is 11.3 Å². The molecule has 0 saturated heterocycles. The molecule has 1 atom stereocenters. The van der Waals surface area contributed by atoms with Gasteiger partial charge in [0.05, 0.1) is 22.7 Å². The van der Waals surface area contributed by atoms with Gasteiger partial charge in [-0.15, -0.1) is 11.3 Å². The Labute approximate surface area is 171 Å². The van der Waals surface area contributed by atoms with Crippen LogP contribution in [0.3, 0.4) is 0 Å². The van der Waals surface area contributed by atoms with Crippen molar-refractivity contribution >= 4 is 33.3 Å². The van der Waals surface area contributed by atoms with Crippen molar-refractivity contribution in [2.24, 2.45) is 0 Å². The standard InChI is InChI=1S/C23H18N2O3S/c1-12-9-10-17-16(11-12)20(26)18-19(15-7-5-4-6-8-15)25(22(27)21(18)28-17)23-24-13(2)14(3)29-23/h4-11,19H,1-3H3. The second-order valence-corrected chi connectivity index (χ2v) is 8.48. The third-order valence-electron chi connectivity index (χ3n) is 5.36. The van der Waals surface area contributed by atoms with Crippen molar-refractivity contribution in [3.05, 3.63) is 91.8 Å². The minimum Gasteiger partial charge on any atom is -0.450 e. The molecule has 2 aromatic carbocycles. The first kappa shape index (κ1) is 17.8. The number of rotatable bonds is 2. The smallest absolute Gasteiger partial charge is 0.297 e. The van der Waals surface area contributed by atoms with Gasteiger partial charge in [-0.1, -0.05) is 42.0 Å². The van der Waals surface area contributed by atoms with E-state index in [4.69, 9.17) is 4.42 Å². The molecule has 0 aliphatic carbocycles. The van der Waals surface area contributed by atoms with Crippen LogP contribution in [0.4, 0.5) is 5.13 Å². The summed E-state index contributed by atoms with van der Waals surface area (Å²) in [5.41, 5.74) is 3.33. The quantitative estimate of drug-likeness (QED) is 0.477. The van der Waals surface area contributed by atoms with Gasteiger partial charge in [-0.2, -0.15) is 0 Å². The summed E-state index contributed by atoms with van der Waals surface area (Å²) in [6.07, 6.45) is 0. The highest BCUT2D eigenvalue weighted by molar-refractivity contribution is 7.15. The lowest BCUT2D eigenvalue weighted by molar-refractivity contribution is 0.0971. The number of aryl methyl sites for hydroxylation is 3. The van der Waals surface area contributed by atoms with E-state index in [2.05, 4.69) is 4.98 Å². The fraction of sp³-hybridized carbons (Fsp3) is 0.174. The molecule has 5 nitrogen and oxygen atoms in total. The molecule has 5 rings (SSSR count). The van der Waals surface area contributed by atoms with Crippen LogP contribution in [-0.4, -0.2) is 10.9 Å². The van der Waals surface area contributed by atoms with Crippen molar-refractivity contribution in [3.8, 4) is 0 Å². The number of hydrogen-bond donors (Lipinski definition) is 0. The Morgan fingerprint density at radius 1 is 1.03 bits per heavy atom. The first-order valence-corrected chi connectivity index (χ1v) is 10.2. The van der Waals surface area contributed by atoms with Crippen LogP contribution in [0.1, 0.15) is 43.9 Å². The topological polar surface area (TPSA) is 63.4 Å². The monoisotopic (exact) mass is 402 g/mol. The van der Waals surface area contributed by atoms with Crippen LogP contribution in [-0.2, 0) is 0 Å². The molecule has 0 saturated carbocycles. The summed E-state index contributed by atoms with van der Waals surface area (Å²) in [7, 11) is 0. The lowest BCUT2D eigenvalue weighted by Gasteiger charge is -2.22. The molecule has 0 N–H and O–H groups in total. The Morgan fingerprint density at radius 3 is 2.48 bits per heavy atom. The predicted molar refractivity (Wildman–Crippen MR) is 114 cm³/mol. The number of nitrogens with zero attached hydrogens (tertiary/aromatic N) is 2. The first-order chi connectivity index (χ1) is 14.0. The Morgan fingerprint density at radius 2 is 1.79 bits per heavy atom. The Kier molecular flexibility index (Phi) is 3.93. The van der Waals surface area contributed by atoms with Gasteiger partial charge in [-0.3, -0.25) is 14.5 Å². The van der Waals surface area contributed by atoms with E-state index in [-0.39, 0.29) is 17.1 Å². The highest BCUT2D eigenvalue weighted by atomic mass is 32.1. The lowest BCUT2D eigenvalue weighted by atomic mass is 9.98. The maximum atomic E-state index is 13.5. The molecule has 3 heterocycles. The molecule has 0 bridgehead atoms. The molecule has 29 heavy (non-hydrogen) atoms. The van der Waals surface area contributed by atoms with Gasteiger partial charge in [-0.05, 0) is 38.5 Å².